The Kier molecular flexibility index (Phi) is 5.82. The number of benzene rings is 1. The lowest BCUT2D eigenvalue weighted by Gasteiger charge is -2.11. The van der Waals surface area contributed by atoms with Gasteiger partial charge in [-0.2, -0.15) is 11.8 Å². The molecule has 0 bridgehead atoms. The van der Waals surface area contributed by atoms with E-state index in [9.17, 15) is 4.79 Å². The van der Waals surface area contributed by atoms with E-state index in [2.05, 4.69) is 5.32 Å². The largest absolute Gasteiger partial charge is 0.330 e. The Morgan fingerprint density at radius 1 is 1.47 bits per heavy atom. The van der Waals surface area contributed by atoms with Gasteiger partial charge in [0.1, 0.15) is 0 Å². The van der Waals surface area contributed by atoms with Crippen molar-refractivity contribution in [3.63, 3.8) is 0 Å². The van der Waals surface area contributed by atoms with Crippen molar-refractivity contribution in [3.8, 4) is 0 Å². The Hall–Kier alpha value is -0.710. The van der Waals surface area contributed by atoms with Crippen LogP contribution in [0.25, 0.3) is 0 Å². The van der Waals surface area contributed by atoms with Crippen LogP contribution in [-0.4, -0.2) is 24.0 Å². The number of carbonyl (C=O) groups is 1. The Labute approximate surface area is 111 Å². The Morgan fingerprint density at radius 2 is 2.18 bits per heavy atom. The number of aryl methyl sites for hydroxylation is 2. The third-order valence-corrected chi connectivity index (χ3v) is 3.48. The highest BCUT2D eigenvalue weighted by Crippen LogP contribution is 2.27. The van der Waals surface area contributed by atoms with Gasteiger partial charge in [0.05, 0.1) is 16.5 Å². The van der Waals surface area contributed by atoms with Crippen molar-refractivity contribution in [1.82, 2.24) is 0 Å². The molecule has 0 aromatic heterocycles. The SMILES string of the molecule is Cc1cc(C)c(NC(=O)CSCCN)c(Cl)c1. The summed E-state index contributed by atoms with van der Waals surface area (Å²) in [7, 11) is 0. The monoisotopic (exact) mass is 272 g/mol. The molecule has 0 aliphatic rings. The van der Waals surface area contributed by atoms with Crippen LogP contribution in [-0.2, 0) is 4.79 Å². The van der Waals surface area contributed by atoms with Gasteiger partial charge in [-0.3, -0.25) is 4.79 Å². The number of halogens is 1. The van der Waals surface area contributed by atoms with Gasteiger partial charge in [0.15, 0.2) is 0 Å². The van der Waals surface area contributed by atoms with E-state index in [0.717, 1.165) is 16.9 Å². The second kappa shape index (κ2) is 6.89. The summed E-state index contributed by atoms with van der Waals surface area (Å²) >= 11 is 7.61. The minimum Gasteiger partial charge on any atom is -0.330 e. The normalized spacial score (nSPS) is 10.4. The van der Waals surface area contributed by atoms with Gasteiger partial charge in [-0.15, -0.1) is 0 Å². The molecule has 1 rings (SSSR count). The van der Waals surface area contributed by atoms with Crippen LogP contribution in [0.15, 0.2) is 12.1 Å². The summed E-state index contributed by atoms with van der Waals surface area (Å²) < 4.78 is 0. The molecule has 5 heteroatoms. The molecule has 0 unspecified atom stereocenters. The molecule has 0 saturated heterocycles. The van der Waals surface area contributed by atoms with Gasteiger partial charge in [0.25, 0.3) is 0 Å². The smallest absolute Gasteiger partial charge is 0.234 e. The number of anilines is 1. The van der Waals surface area contributed by atoms with Gasteiger partial charge in [0, 0.05) is 12.3 Å². The molecule has 0 saturated carbocycles. The summed E-state index contributed by atoms with van der Waals surface area (Å²) in [5.41, 5.74) is 8.13. The first-order chi connectivity index (χ1) is 8.04. The highest BCUT2D eigenvalue weighted by molar-refractivity contribution is 7.99. The molecule has 1 amide bonds. The second-order valence-electron chi connectivity index (χ2n) is 3.83. The lowest BCUT2D eigenvalue weighted by atomic mass is 10.1. The number of hydrogen-bond donors (Lipinski definition) is 2. The van der Waals surface area contributed by atoms with Crippen LogP contribution in [0.4, 0.5) is 5.69 Å². The first-order valence-corrected chi connectivity index (χ1v) is 6.92. The molecule has 1 aromatic carbocycles. The molecule has 0 fully saturated rings. The molecule has 0 aliphatic heterocycles. The summed E-state index contributed by atoms with van der Waals surface area (Å²) in [6, 6.07) is 3.84. The first-order valence-electron chi connectivity index (χ1n) is 5.39. The van der Waals surface area contributed by atoms with Crippen molar-refractivity contribution in [2.75, 3.05) is 23.4 Å². The maximum atomic E-state index is 11.6. The zero-order valence-electron chi connectivity index (χ0n) is 10.0. The average molecular weight is 273 g/mol. The highest BCUT2D eigenvalue weighted by atomic mass is 35.5. The molecule has 0 spiro atoms. The number of nitrogens with two attached hydrogens (primary N) is 1. The summed E-state index contributed by atoms with van der Waals surface area (Å²) in [4.78, 5) is 11.6. The van der Waals surface area contributed by atoms with E-state index in [1.165, 1.54) is 11.8 Å². The van der Waals surface area contributed by atoms with Crippen LogP contribution in [0.3, 0.4) is 0 Å². The predicted octanol–water partition coefficient (Wildman–Crippen LogP) is 2.59. The van der Waals surface area contributed by atoms with Crippen molar-refractivity contribution in [1.29, 1.82) is 0 Å². The molecule has 0 heterocycles. The van der Waals surface area contributed by atoms with Gasteiger partial charge in [0.2, 0.25) is 5.91 Å². The fraction of sp³-hybridized carbons (Fsp3) is 0.417. The quantitative estimate of drug-likeness (QED) is 0.810. The molecule has 0 aliphatic carbocycles. The van der Waals surface area contributed by atoms with Crippen molar-refractivity contribution in [2.45, 2.75) is 13.8 Å². The number of amides is 1. The van der Waals surface area contributed by atoms with Gasteiger partial charge >= 0.3 is 0 Å². The fourth-order valence-corrected chi connectivity index (χ4v) is 2.43. The van der Waals surface area contributed by atoms with Crippen molar-refractivity contribution < 1.29 is 4.79 Å². The van der Waals surface area contributed by atoms with Gasteiger partial charge in [-0.1, -0.05) is 17.7 Å². The van der Waals surface area contributed by atoms with Crippen LogP contribution in [0.5, 0.6) is 0 Å². The molecular weight excluding hydrogens is 256 g/mol. The zero-order chi connectivity index (χ0) is 12.8. The van der Waals surface area contributed by atoms with Crippen molar-refractivity contribution in [2.24, 2.45) is 5.73 Å². The number of carbonyl (C=O) groups excluding carboxylic acids is 1. The predicted molar refractivity (Wildman–Crippen MR) is 75.9 cm³/mol. The molecular formula is C12H17ClN2OS. The fourth-order valence-electron chi connectivity index (χ4n) is 1.50. The maximum Gasteiger partial charge on any atom is 0.234 e. The average Bonchev–Trinajstić information content (AvgIpc) is 2.24. The van der Waals surface area contributed by atoms with Gasteiger partial charge < -0.3 is 11.1 Å². The van der Waals surface area contributed by atoms with Crippen LogP contribution in [0.2, 0.25) is 5.02 Å². The molecule has 0 atom stereocenters. The molecule has 0 radical (unpaired) electrons. The Balaban J connectivity index is 2.65. The lowest BCUT2D eigenvalue weighted by Crippen LogP contribution is -2.16. The molecule has 17 heavy (non-hydrogen) atoms. The van der Waals surface area contributed by atoms with Crippen molar-refractivity contribution >= 4 is 35.0 Å². The Bertz CT molecular complexity index is 386. The third kappa shape index (κ3) is 4.58. The van der Waals surface area contributed by atoms with E-state index in [0.29, 0.717) is 23.0 Å². The number of rotatable bonds is 5. The summed E-state index contributed by atoms with van der Waals surface area (Å²) in [5, 5.41) is 3.42. The van der Waals surface area contributed by atoms with E-state index >= 15 is 0 Å². The van der Waals surface area contributed by atoms with Crippen LogP contribution >= 0.6 is 23.4 Å². The summed E-state index contributed by atoms with van der Waals surface area (Å²) in [6.07, 6.45) is 0. The maximum absolute atomic E-state index is 11.6. The van der Waals surface area contributed by atoms with Crippen LogP contribution < -0.4 is 11.1 Å². The summed E-state index contributed by atoms with van der Waals surface area (Å²) in [6.45, 7) is 4.49. The van der Waals surface area contributed by atoms with E-state index in [1.54, 1.807) is 0 Å². The molecule has 3 nitrogen and oxygen atoms in total. The van der Waals surface area contributed by atoms with Crippen molar-refractivity contribution in [3.05, 3.63) is 28.3 Å². The van der Waals surface area contributed by atoms with E-state index in [1.807, 2.05) is 26.0 Å². The van der Waals surface area contributed by atoms with E-state index in [-0.39, 0.29) is 5.91 Å². The minimum atomic E-state index is -0.0442. The highest BCUT2D eigenvalue weighted by Gasteiger charge is 2.09. The van der Waals surface area contributed by atoms with Crippen LogP contribution in [0.1, 0.15) is 11.1 Å². The number of thioether (sulfide) groups is 1. The summed E-state index contributed by atoms with van der Waals surface area (Å²) in [5.74, 6) is 1.15. The first kappa shape index (κ1) is 14.4. The molecule has 3 N–H and O–H groups in total. The lowest BCUT2D eigenvalue weighted by molar-refractivity contribution is -0.113. The number of nitrogens with one attached hydrogen (secondary N) is 1. The van der Waals surface area contributed by atoms with Gasteiger partial charge in [-0.25, -0.2) is 0 Å². The Morgan fingerprint density at radius 3 is 2.76 bits per heavy atom. The topological polar surface area (TPSA) is 55.1 Å². The van der Waals surface area contributed by atoms with E-state index in [4.69, 9.17) is 17.3 Å². The van der Waals surface area contributed by atoms with Crippen LogP contribution in [0, 0.1) is 13.8 Å². The molecule has 1 aromatic rings. The minimum absolute atomic E-state index is 0.0442. The zero-order valence-corrected chi connectivity index (χ0v) is 11.6. The second-order valence-corrected chi connectivity index (χ2v) is 5.34. The molecule has 94 valence electrons. The third-order valence-electron chi connectivity index (χ3n) is 2.19. The van der Waals surface area contributed by atoms with E-state index < -0.39 is 0 Å². The number of hydrogen-bond acceptors (Lipinski definition) is 3. The van der Waals surface area contributed by atoms with Gasteiger partial charge in [-0.05, 0) is 31.0 Å². The standard InChI is InChI=1S/C12H17ClN2OS/c1-8-5-9(2)12(10(13)6-8)15-11(16)7-17-4-3-14/h5-6H,3-4,7,14H2,1-2H3,(H,15,16).